The summed E-state index contributed by atoms with van der Waals surface area (Å²) in [6.45, 7) is 11.1. The second-order valence-electron chi connectivity index (χ2n) is 6.75. The maximum Gasteiger partial charge on any atom is 0.0290 e. The van der Waals surface area contributed by atoms with Crippen LogP contribution in [0.25, 0.3) is 0 Å². The summed E-state index contributed by atoms with van der Waals surface area (Å²) in [7, 11) is 1.86. The Kier molecular flexibility index (Phi) is 5.44. The van der Waals surface area contributed by atoms with Crippen LogP contribution in [0.3, 0.4) is 0 Å². The van der Waals surface area contributed by atoms with E-state index in [0.717, 1.165) is 18.5 Å². The first-order chi connectivity index (χ1) is 8.74. The average molecular weight is 266 g/mol. The number of rotatable bonds is 5. The van der Waals surface area contributed by atoms with Gasteiger partial charge < -0.3 is 16.1 Å². The number of nitrogens with one attached hydrogen (secondary N) is 4. The molecule has 0 radical (unpaired) electrons. The van der Waals surface area contributed by atoms with Crippen molar-refractivity contribution in [3.05, 3.63) is 24.0 Å². The number of piperidine rings is 1. The molecule has 0 saturated carbocycles. The summed E-state index contributed by atoms with van der Waals surface area (Å²) in [6.07, 6.45) is 8.40. The molecule has 0 aromatic heterocycles. The van der Waals surface area contributed by atoms with E-state index in [1.807, 2.05) is 32.3 Å². The lowest BCUT2D eigenvalue weighted by molar-refractivity contribution is 0.153. The lowest BCUT2D eigenvalue weighted by Gasteiger charge is -2.46. The Hall–Kier alpha value is -1.00. The molecule has 1 rings (SSSR count). The highest BCUT2D eigenvalue weighted by Crippen LogP contribution is 2.28. The van der Waals surface area contributed by atoms with E-state index in [0.29, 0.717) is 6.04 Å². The quantitative estimate of drug-likeness (QED) is 0.454. The van der Waals surface area contributed by atoms with Gasteiger partial charge in [0.1, 0.15) is 0 Å². The van der Waals surface area contributed by atoms with Crippen LogP contribution < -0.4 is 21.5 Å². The molecule has 0 amide bonds. The molecule has 0 aromatic carbocycles. The van der Waals surface area contributed by atoms with Crippen molar-refractivity contribution in [1.82, 2.24) is 21.5 Å². The molecule has 1 saturated heterocycles. The molecule has 19 heavy (non-hydrogen) atoms. The van der Waals surface area contributed by atoms with Crippen LogP contribution in [-0.4, -0.2) is 24.2 Å². The Morgan fingerprint density at radius 1 is 1.16 bits per heavy atom. The Morgan fingerprint density at radius 3 is 2.26 bits per heavy atom. The monoisotopic (exact) mass is 266 g/mol. The minimum atomic E-state index is 0.187. The van der Waals surface area contributed by atoms with Gasteiger partial charge in [0.05, 0.1) is 0 Å². The lowest BCUT2D eigenvalue weighted by Crippen LogP contribution is -2.61. The minimum absolute atomic E-state index is 0.187. The van der Waals surface area contributed by atoms with Crippen molar-refractivity contribution in [1.29, 1.82) is 0 Å². The summed E-state index contributed by atoms with van der Waals surface area (Å²) in [6, 6.07) is 0.522. The van der Waals surface area contributed by atoms with Crippen LogP contribution in [0.2, 0.25) is 0 Å². The summed E-state index contributed by atoms with van der Waals surface area (Å²) in [5.41, 5.74) is 7.39. The molecule has 1 aliphatic heterocycles. The van der Waals surface area contributed by atoms with Gasteiger partial charge in [-0.15, -0.1) is 0 Å². The number of allylic oxidation sites excluding steroid dienone is 3. The topological polar surface area (TPSA) is 48.1 Å². The van der Waals surface area contributed by atoms with E-state index in [1.165, 1.54) is 0 Å². The Bertz CT molecular complexity index is 326. The molecule has 4 heteroatoms. The molecule has 0 unspecified atom stereocenters. The molecule has 0 aliphatic carbocycles. The molecule has 4 nitrogen and oxygen atoms in total. The highest BCUT2D eigenvalue weighted by molar-refractivity contribution is 5.09. The SMILES string of the molecule is CNN/C(C)=C\C=C\NC1CC(C)(C)NC(C)(C)C1. The first-order valence-corrected chi connectivity index (χ1v) is 7.06. The van der Waals surface area contributed by atoms with Gasteiger partial charge in [0.25, 0.3) is 0 Å². The van der Waals surface area contributed by atoms with Crippen LogP contribution in [-0.2, 0) is 0 Å². The first-order valence-electron chi connectivity index (χ1n) is 7.06. The molecule has 0 bridgehead atoms. The highest BCUT2D eigenvalue weighted by atomic mass is 15.3. The van der Waals surface area contributed by atoms with E-state index >= 15 is 0 Å². The zero-order valence-electron chi connectivity index (χ0n) is 13.2. The molecule has 1 heterocycles. The zero-order valence-corrected chi connectivity index (χ0v) is 13.2. The summed E-state index contributed by atoms with van der Waals surface area (Å²) < 4.78 is 0. The van der Waals surface area contributed by atoms with Crippen LogP contribution in [0.4, 0.5) is 0 Å². The van der Waals surface area contributed by atoms with Crippen molar-refractivity contribution >= 4 is 0 Å². The average Bonchev–Trinajstić information content (AvgIpc) is 2.20. The fraction of sp³-hybridized carbons (Fsp3) is 0.733. The van der Waals surface area contributed by atoms with E-state index in [-0.39, 0.29) is 11.1 Å². The summed E-state index contributed by atoms with van der Waals surface area (Å²) in [5, 5.41) is 7.21. The largest absolute Gasteiger partial charge is 0.388 e. The van der Waals surface area contributed by atoms with Crippen molar-refractivity contribution < 1.29 is 0 Å². The van der Waals surface area contributed by atoms with Crippen LogP contribution in [0.1, 0.15) is 47.5 Å². The van der Waals surface area contributed by atoms with Crippen molar-refractivity contribution in [3.8, 4) is 0 Å². The summed E-state index contributed by atoms with van der Waals surface area (Å²) in [5.74, 6) is 0. The van der Waals surface area contributed by atoms with E-state index in [4.69, 9.17) is 0 Å². The smallest absolute Gasteiger partial charge is 0.0290 e. The van der Waals surface area contributed by atoms with Crippen LogP contribution in [0.15, 0.2) is 24.0 Å². The van der Waals surface area contributed by atoms with Gasteiger partial charge >= 0.3 is 0 Å². The number of hydrazine groups is 1. The third kappa shape index (κ3) is 6.12. The Labute approximate surface area is 118 Å². The molecule has 0 spiro atoms. The predicted octanol–water partition coefficient (Wildman–Crippen LogP) is 2.03. The van der Waals surface area contributed by atoms with Crippen molar-refractivity contribution in [2.45, 2.75) is 64.6 Å². The maximum absolute atomic E-state index is 3.69. The fourth-order valence-electron chi connectivity index (χ4n) is 3.06. The Morgan fingerprint density at radius 2 is 1.74 bits per heavy atom. The molecule has 4 N–H and O–H groups in total. The van der Waals surface area contributed by atoms with Gasteiger partial charge in [-0.05, 0) is 65.8 Å². The van der Waals surface area contributed by atoms with Crippen molar-refractivity contribution in [2.24, 2.45) is 0 Å². The Balaban J connectivity index is 2.49. The number of hydrogen-bond acceptors (Lipinski definition) is 4. The van der Waals surface area contributed by atoms with Gasteiger partial charge in [0.2, 0.25) is 0 Å². The molecule has 1 aliphatic rings. The van der Waals surface area contributed by atoms with Crippen molar-refractivity contribution in [2.75, 3.05) is 7.05 Å². The minimum Gasteiger partial charge on any atom is -0.388 e. The summed E-state index contributed by atoms with van der Waals surface area (Å²) >= 11 is 0. The zero-order chi connectivity index (χ0) is 14.5. The second kappa shape index (κ2) is 6.44. The highest BCUT2D eigenvalue weighted by Gasteiger charge is 2.37. The van der Waals surface area contributed by atoms with E-state index in [2.05, 4.69) is 49.2 Å². The molecule has 0 aromatic rings. The van der Waals surface area contributed by atoms with Crippen LogP contribution in [0, 0.1) is 0 Å². The van der Waals surface area contributed by atoms with E-state index in [9.17, 15) is 0 Å². The predicted molar refractivity (Wildman–Crippen MR) is 82.5 cm³/mol. The molecule has 1 fully saturated rings. The van der Waals surface area contributed by atoms with Gasteiger partial charge in [-0.1, -0.05) is 0 Å². The van der Waals surface area contributed by atoms with Crippen LogP contribution >= 0.6 is 0 Å². The standard InChI is InChI=1S/C15H30N4/c1-12(18-16-6)8-7-9-17-13-10-14(2,3)19-15(4,5)11-13/h7-9,13,16-19H,10-11H2,1-6H3/b9-7+,12-8-. The second-order valence-corrected chi connectivity index (χ2v) is 6.75. The molecular weight excluding hydrogens is 236 g/mol. The third-order valence-electron chi connectivity index (χ3n) is 3.29. The van der Waals surface area contributed by atoms with E-state index < -0.39 is 0 Å². The molecular formula is C15H30N4. The molecule has 0 atom stereocenters. The van der Waals surface area contributed by atoms with Gasteiger partial charge in [0, 0.05) is 29.9 Å². The van der Waals surface area contributed by atoms with E-state index in [1.54, 1.807) is 0 Å². The van der Waals surface area contributed by atoms with Gasteiger partial charge in [-0.3, -0.25) is 0 Å². The van der Waals surface area contributed by atoms with Gasteiger partial charge in [-0.25, -0.2) is 5.43 Å². The first kappa shape index (κ1) is 16.1. The van der Waals surface area contributed by atoms with Gasteiger partial charge in [-0.2, -0.15) is 0 Å². The maximum atomic E-state index is 3.69. The van der Waals surface area contributed by atoms with Crippen molar-refractivity contribution in [3.63, 3.8) is 0 Å². The lowest BCUT2D eigenvalue weighted by atomic mass is 9.80. The van der Waals surface area contributed by atoms with Gasteiger partial charge in [0.15, 0.2) is 0 Å². The number of hydrogen-bond donors (Lipinski definition) is 4. The normalized spacial score (nSPS) is 23.6. The van der Waals surface area contributed by atoms with Crippen LogP contribution in [0.5, 0.6) is 0 Å². The third-order valence-corrected chi connectivity index (χ3v) is 3.29. The summed E-state index contributed by atoms with van der Waals surface area (Å²) in [4.78, 5) is 0. The molecule has 110 valence electrons. The fourth-order valence-corrected chi connectivity index (χ4v) is 3.06.